The first-order chi connectivity index (χ1) is 7.92. The van der Waals surface area contributed by atoms with Gasteiger partial charge in [0.2, 0.25) is 0 Å². The predicted molar refractivity (Wildman–Crippen MR) is 71.5 cm³/mol. The lowest BCUT2D eigenvalue weighted by molar-refractivity contribution is 0.333. The van der Waals surface area contributed by atoms with Crippen molar-refractivity contribution in [2.24, 2.45) is 5.92 Å². The number of hydrogen-bond acceptors (Lipinski definition) is 2. The molecule has 0 aliphatic heterocycles. The molecule has 1 aromatic carbocycles. The summed E-state index contributed by atoms with van der Waals surface area (Å²) < 4.78 is 0. The number of rotatable bonds is 5. The quantitative estimate of drug-likeness (QED) is 0.752. The molecule has 0 heterocycles. The van der Waals surface area contributed by atoms with E-state index in [2.05, 4.69) is 27.7 Å². The summed E-state index contributed by atoms with van der Waals surface area (Å²) in [5.41, 5.74) is 1.18. The van der Waals surface area contributed by atoms with E-state index in [1.54, 1.807) is 12.1 Å². The van der Waals surface area contributed by atoms with Crippen LogP contribution in [0.25, 0.3) is 0 Å². The fourth-order valence-electron chi connectivity index (χ4n) is 2.28. The number of benzene rings is 1. The first-order valence-corrected chi connectivity index (χ1v) is 6.45. The minimum Gasteiger partial charge on any atom is -0.504 e. The third-order valence-corrected chi connectivity index (χ3v) is 3.95. The first-order valence-electron chi connectivity index (χ1n) is 6.45. The second-order valence-corrected chi connectivity index (χ2v) is 5.34. The van der Waals surface area contributed by atoms with Gasteiger partial charge in [-0.3, -0.25) is 0 Å². The van der Waals surface area contributed by atoms with Crippen molar-refractivity contribution in [3.8, 4) is 11.5 Å². The van der Waals surface area contributed by atoms with Crippen LogP contribution in [0, 0.1) is 5.92 Å². The minimum absolute atomic E-state index is 0.0219. The standard InChI is InChI=1S/C15H24O2/c1-5-11(3)10-15(4,6-2)12-7-8-13(16)14(17)9-12/h7-9,11,16-17H,5-6,10H2,1-4H3. The lowest BCUT2D eigenvalue weighted by Gasteiger charge is -2.31. The van der Waals surface area contributed by atoms with Gasteiger partial charge in [0.15, 0.2) is 11.5 Å². The minimum atomic E-state index is -0.0456. The number of hydrogen-bond donors (Lipinski definition) is 2. The van der Waals surface area contributed by atoms with Crippen molar-refractivity contribution in [2.45, 2.75) is 52.4 Å². The van der Waals surface area contributed by atoms with Crippen molar-refractivity contribution < 1.29 is 10.2 Å². The molecule has 1 aromatic rings. The second-order valence-electron chi connectivity index (χ2n) is 5.34. The molecule has 0 bridgehead atoms. The first kappa shape index (κ1) is 13.9. The zero-order chi connectivity index (χ0) is 13.1. The predicted octanol–water partition coefficient (Wildman–Crippen LogP) is 4.20. The average molecular weight is 236 g/mol. The molecule has 2 heteroatoms. The van der Waals surface area contributed by atoms with Crippen molar-refractivity contribution >= 4 is 0 Å². The van der Waals surface area contributed by atoms with Gasteiger partial charge < -0.3 is 10.2 Å². The van der Waals surface area contributed by atoms with Crippen LogP contribution in [-0.4, -0.2) is 10.2 Å². The van der Waals surface area contributed by atoms with Crippen LogP contribution in [0.5, 0.6) is 11.5 Å². The van der Waals surface area contributed by atoms with Gasteiger partial charge in [-0.2, -0.15) is 0 Å². The summed E-state index contributed by atoms with van der Waals surface area (Å²) in [6.45, 7) is 8.86. The molecule has 0 aliphatic rings. The van der Waals surface area contributed by atoms with E-state index in [1.165, 1.54) is 6.42 Å². The van der Waals surface area contributed by atoms with Crippen LogP contribution < -0.4 is 0 Å². The fourth-order valence-corrected chi connectivity index (χ4v) is 2.28. The number of phenols is 2. The van der Waals surface area contributed by atoms with Crippen LogP contribution in [0.2, 0.25) is 0 Å². The molecular formula is C15H24O2. The van der Waals surface area contributed by atoms with E-state index in [1.807, 2.05) is 6.07 Å². The Hall–Kier alpha value is -1.18. The van der Waals surface area contributed by atoms with Gasteiger partial charge in [-0.25, -0.2) is 0 Å². The molecule has 0 radical (unpaired) electrons. The maximum atomic E-state index is 9.60. The molecule has 0 amide bonds. The Bertz CT molecular complexity index is 373. The molecule has 0 saturated heterocycles. The zero-order valence-electron chi connectivity index (χ0n) is 11.3. The summed E-state index contributed by atoms with van der Waals surface area (Å²) in [5, 5.41) is 19.0. The summed E-state index contributed by atoms with van der Waals surface area (Å²) in [4.78, 5) is 0. The van der Waals surface area contributed by atoms with Crippen molar-refractivity contribution in [1.82, 2.24) is 0 Å². The zero-order valence-corrected chi connectivity index (χ0v) is 11.3. The largest absolute Gasteiger partial charge is 0.504 e. The van der Waals surface area contributed by atoms with Gasteiger partial charge in [0.05, 0.1) is 0 Å². The van der Waals surface area contributed by atoms with Crippen LogP contribution in [-0.2, 0) is 5.41 Å². The maximum absolute atomic E-state index is 9.60. The van der Waals surface area contributed by atoms with Crippen molar-refractivity contribution in [2.75, 3.05) is 0 Å². The van der Waals surface area contributed by atoms with Gasteiger partial charge in [0, 0.05) is 0 Å². The second kappa shape index (κ2) is 5.44. The van der Waals surface area contributed by atoms with Gasteiger partial charge >= 0.3 is 0 Å². The molecule has 1 rings (SSSR count). The van der Waals surface area contributed by atoms with E-state index in [4.69, 9.17) is 0 Å². The highest BCUT2D eigenvalue weighted by atomic mass is 16.3. The number of phenolic OH excluding ortho intramolecular Hbond substituents is 2. The van der Waals surface area contributed by atoms with Crippen LogP contribution in [0.4, 0.5) is 0 Å². The Morgan fingerprint density at radius 1 is 1.18 bits per heavy atom. The van der Waals surface area contributed by atoms with E-state index in [9.17, 15) is 10.2 Å². The Morgan fingerprint density at radius 3 is 2.29 bits per heavy atom. The lowest BCUT2D eigenvalue weighted by atomic mass is 9.73. The molecule has 0 spiro atoms. The molecule has 0 saturated carbocycles. The van der Waals surface area contributed by atoms with E-state index < -0.39 is 0 Å². The molecule has 2 atom stereocenters. The molecule has 96 valence electrons. The van der Waals surface area contributed by atoms with Crippen LogP contribution in [0.3, 0.4) is 0 Å². The third kappa shape index (κ3) is 3.15. The normalized spacial score (nSPS) is 16.5. The van der Waals surface area contributed by atoms with E-state index in [0.717, 1.165) is 18.4 Å². The van der Waals surface area contributed by atoms with Gasteiger partial charge in [0.25, 0.3) is 0 Å². The van der Waals surface area contributed by atoms with Crippen molar-refractivity contribution in [1.29, 1.82) is 0 Å². The Labute approximate surface area is 104 Å². The van der Waals surface area contributed by atoms with Gasteiger partial charge in [-0.15, -0.1) is 0 Å². The molecular weight excluding hydrogens is 212 g/mol. The lowest BCUT2D eigenvalue weighted by Crippen LogP contribution is -2.23. The molecule has 2 unspecified atom stereocenters. The van der Waals surface area contributed by atoms with E-state index in [-0.39, 0.29) is 16.9 Å². The van der Waals surface area contributed by atoms with Crippen LogP contribution in [0.15, 0.2) is 18.2 Å². The summed E-state index contributed by atoms with van der Waals surface area (Å²) in [7, 11) is 0. The molecule has 2 nitrogen and oxygen atoms in total. The monoisotopic (exact) mass is 236 g/mol. The molecule has 2 N–H and O–H groups in total. The van der Waals surface area contributed by atoms with Crippen molar-refractivity contribution in [3.05, 3.63) is 23.8 Å². The highest BCUT2D eigenvalue weighted by molar-refractivity contribution is 5.43. The molecule has 0 aliphatic carbocycles. The summed E-state index contributed by atoms with van der Waals surface area (Å²) in [6, 6.07) is 5.19. The number of aromatic hydroxyl groups is 2. The van der Waals surface area contributed by atoms with Gasteiger partial charge in [-0.1, -0.05) is 40.2 Å². The van der Waals surface area contributed by atoms with E-state index in [0.29, 0.717) is 5.92 Å². The van der Waals surface area contributed by atoms with Crippen molar-refractivity contribution in [3.63, 3.8) is 0 Å². The maximum Gasteiger partial charge on any atom is 0.157 e. The average Bonchev–Trinajstić information content (AvgIpc) is 2.32. The molecule has 0 fully saturated rings. The van der Waals surface area contributed by atoms with Crippen LogP contribution in [0.1, 0.15) is 52.5 Å². The SMILES string of the molecule is CCC(C)CC(C)(CC)c1ccc(O)c(O)c1. The summed E-state index contributed by atoms with van der Waals surface area (Å²) >= 11 is 0. The highest BCUT2D eigenvalue weighted by Crippen LogP contribution is 2.38. The smallest absolute Gasteiger partial charge is 0.157 e. The Balaban J connectivity index is 3.02. The Morgan fingerprint density at radius 2 is 1.82 bits per heavy atom. The summed E-state index contributed by atoms with van der Waals surface area (Å²) in [6.07, 6.45) is 3.30. The molecule has 0 aromatic heterocycles. The fraction of sp³-hybridized carbons (Fsp3) is 0.600. The van der Waals surface area contributed by atoms with Gasteiger partial charge in [0.1, 0.15) is 0 Å². The Kier molecular flexibility index (Phi) is 4.44. The summed E-state index contributed by atoms with van der Waals surface area (Å²) in [5.74, 6) is 0.595. The van der Waals surface area contributed by atoms with Crippen LogP contribution >= 0.6 is 0 Å². The third-order valence-electron chi connectivity index (χ3n) is 3.95. The van der Waals surface area contributed by atoms with Gasteiger partial charge in [-0.05, 0) is 41.9 Å². The highest BCUT2D eigenvalue weighted by Gasteiger charge is 2.27. The topological polar surface area (TPSA) is 40.5 Å². The molecule has 17 heavy (non-hydrogen) atoms. The van der Waals surface area contributed by atoms with E-state index >= 15 is 0 Å².